The maximum Gasteiger partial charge on any atom is 0.181 e. The van der Waals surface area contributed by atoms with Crippen molar-refractivity contribution in [1.82, 2.24) is 0 Å². The fraction of sp³-hybridized carbons (Fsp3) is 0.500. The molecule has 0 radical (unpaired) electrons. The molecule has 3 nitrogen and oxygen atoms in total. The zero-order chi connectivity index (χ0) is 12.5. The lowest BCUT2D eigenvalue weighted by Crippen LogP contribution is -2.30. The summed E-state index contributed by atoms with van der Waals surface area (Å²) in [4.78, 5) is 0.137. The Hall–Kier alpha value is -0.940. The van der Waals surface area contributed by atoms with Crippen LogP contribution in [0.4, 0.5) is 4.39 Å². The minimum atomic E-state index is -3.44. The molecule has 0 aliphatic heterocycles. The van der Waals surface area contributed by atoms with Gasteiger partial charge in [0.05, 0.1) is 16.2 Å². The van der Waals surface area contributed by atoms with E-state index >= 15 is 0 Å². The van der Waals surface area contributed by atoms with Gasteiger partial charge in [-0.1, -0.05) is 0 Å². The Morgan fingerprint density at radius 2 is 1.82 bits per heavy atom. The molecule has 94 valence electrons. The van der Waals surface area contributed by atoms with Crippen LogP contribution in [0, 0.1) is 5.82 Å². The monoisotopic (exact) mass is 258 g/mol. The second-order valence-electron chi connectivity index (χ2n) is 4.44. The average Bonchev–Trinajstić information content (AvgIpc) is 2.29. The van der Waals surface area contributed by atoms with Crippen LogP contribution < -0.4 is 0 Å². The number of halogens is 1. The van der Waals surface area contributed by atoms with Crippen LogP contribution in [0.3, 0.4) is 0 Å². The average molecular weight is 258 g/mol. The van der Waals surface area contributed by atoms with Crippen LogP contribution in [0.5, 0.6) is 0 Å². The largest absolute Gasteiger partial charge is 0.393 e. The lowest BCUT2D eigenvalue weighted by Gasteiger charge is -2.25. The van der Waals surface area contributed by atoms with Crippen LogP contribution in [0.25, 0.3) is 0 Å². The molecule has 1 fully saturated rings. The van der Waals surface area contributed by atoms with Crippen LogP contribution >= 0.6 is 0 Å². The molecule has 17 heavy (non-hydrogen) atoms. The van der Waals surface area contributed by atoms with Crippen molar-refractivity contribution in [2.45, 2.75) is 41.9 Å². The molecule has 2 rings (SSSR count). The van der Waals surface area contributed by atoms with E-state index < -0.39 is 27.0 Å². The number of sulfone groups is 1. The van der Waals surface area contributed by atoms with Crippen LogP contribution in [-0.2, 0) is 9.84 Å². The summed E-state index contributed by atoms with van der Waals surface area (Å²) in [7, 11) is -3.44. The molecule has 1 aliphatic carbocycles. The molecule has 0 bridgehead atoms. The fourth-order valence-electron chi connectivity index (χ4n) is 2.22. The van der Waals surface area contributed by atoms with Crippen molar-refractivity contribution >= 4 is 9.84 Å². The number of hydrogen-bond donors (Lipinski definition) is 1. The zero-order valence-electron chi connectivity index (χ0n) is 9.34. The molecule has 0 aromatic heterocycles. The summed E-state index contributed by atoms with van der Waals surface area (Å²) < 4.78 is 37.2. The highest BCUT2D eigenvalue weighted by molar-refractivity contribution is 7.92. The van der Waals surface area contributed by atoms with E-state index in [-0.39, 0.29) is 11.3 Å². The summed E-state index contributed by atoms with van der Waals surface area (Å²) >= 11 is 0. The number of rotatable bonds is 2. The van der Waals surface area contributed by atoms with Crippen LogP contribution in [0.15, 0.2) is 29.2 Å². The van der Waals surface area contributed by atoms with Gasteiger partial charge < -0.3 is 5.11 Å². The quantitative estimate of drug-likeness (QED) is 0.824. The first-order chi connectivity index (χ1) is 8.00. The summed E-state index contributed by atoms with van der Waals surface area (Å²) in [5.41, 5.74) is 0. The van der Waals surface area contributed by atoms with Gasteiger partial charge in [0.15, 0.2) is 9.84 Å². The molecule has 0 heterocycles. The van der Waals surface area contributed by atoms with Gasteiger partial charge >= 0.3 is 0 Å². The van der Waals surface area contributed by atoms with Gasteiger partial charge in [-0.25, -0.2) is 12.8 Å². The lowest BCUT2D eigenvalue weighted by atomic mass is 9.97. The Morgan fingerprint density at radius 3 is 2.41 bits per heavy atom. The van der Waals surface area contributed by atoms with Crippen molar-refractivity contribution in [2.24, 2.45) is 0 Å². The van der Waals surface area contributed by atoms with Gasteiger partial charge in [0, 0.05) is 0 Å². The molecule has 1 aromatic carbocycles. The second kappa shape index (κ2) is 4.74. The van der Waals surface area contributed by atoms with Crippen LogP contribution in [0.2, 0.25) is 0 Å². The van der Waals surface area contributed by atoms with E-state index in [1.807, 2.05) is 0 Å². The highest BCUT2D eigenvalue weighted by Gasteiger charge is 2.32. The number of aliphatic hydroxyl groups excluding tert-OH is 1. The van der Waals surface area contributed by atoms with Crippen molar-refractivity contribution in [3.63, 3.8) is 0 Å². The lowest BCUT2D eigenvalue weighted by molar-refractivity contribution is 0.131. The van der Waals surface area contributed by atoms with Gasteiger partial charge in [-0.2, -0.15) is 0 Å². The highest BCUT2D eigenvalue weighted by Crippen LogP contribution is 2.28. The first kappa shape index (κ1) is 12.5. The van der Waals surface area contributed by atoms with Crippen molar-refractivity contribution in [3.8, 4) is 0 Å². The van der Waals surface area contributed by atoms with Gasteiger partial charge in [0.25, 0.3) is 0 Å². The Bertz CT molecular complexity index is 481. The van der Waals surface area contributed by atoms with Crippen molar-refractivity contribution in [3.05, 3.63) is 30.1 Å². The predicted octanol–water partition coefficient (Wildman–Crippen LogP) is 1.90. The van der Waals surface area contributed by atoms with Crippen LogP contribution in [0.1, 0.15) is 25.7 Å². The molecular weight excluding hydrogens is 243 g/mol. The molecule has 5 heteroatoms. The van der Waals surface area contributed by atoms with E-state index in [4.69, 9.17) is 0 Å². The normalized spacial score (nSPS) is 25.8. The van der Waals surface area contributed by atoms with Gasteiger partial charge in [-0.05, 0) is 49.9 Å². The van der Waals surface area contributed by atoms with Crippen molar-refractivity contribution in [1.29, 1.82) is 0 Å². The Labute approximate surface area is 100 Å². The molecule has 2 unspecified atom stereocenters. The second-order valence-corrected chi connectivity index (χ2v) is 6.67. The van der Waals surface area contributed by atoms with E-state index in [0.29, 0.717) is 19.3 Å². The fourth-order valence-corrected chi connectivity index (χ4v) is 4.07. The van der Waals surface area contributed by atoms with Gasteiger partial charge in [-0.15, -0.1) is 0 Å². The molecule has 2 atom stereocenters. The number of aliphatic hydroxyl groups is 1. The first-order valence-corrected chi connectivity index (χ1v) is 7.22. The van der Waals surface area contributed by atoms with E-state index in [9.17, 15) is 17.9 Å². The van der Waals surface area contributed by atoms with Gasteiger partial charge in [0.1, 0.15) is 5.82 Å². The smallest absolute Gasteiger partial charge is 0.181 e. The maximum absolute atomic E-state index is 12.7. The Kier molecular flexibility index (Phi) is 3.49. The van der Waals surface area contributed by atoms with Gasteiger partial charge in [-0.3, -0.25) is 0 Å². The Morgan fingerprint density at radius 1 is 1.18 bits per heavy atom. The molecule has 0 spiro atoms. The Balaban J connectivity index is 2.26. The third-order valence-corrected chi connectivity index (χ3v) is 5.41. The third-order valence-electron chi connectivity index (χ3n) is 3.18. The maximum atomic E-state index is 12.7. The summed E-state index contributed by atoms with van der Waals surface area (Å²) in [5.74, 6) is -0.451. The molecule has 1 saturated carbocycles. The standard InChI is InChI=1S/C12H15FO3S/c13-9-4-6-11(7-5-9)17(15,16)12-3-1-2-10(14)8-12/h4-7,10,12,14H,1-3,8H2. The molecule has 0 amide bonds. The first-order valence-electron chi connectivity index (χ1n) is 5.67. The highest BCUT2D eigenvalue weighted by atomic mass is 32.2. The summed E-state index contributed by atoms with van der Waals surface area (Å²) in [6.45, 7) is 0. The van der Waals surface area contributed by atoms with E-state index in [2.05, 4.69) is 0 Å². The zero-order valence-corrected chi connectivity index (χ0v) is 10.2. The molecule has 1 N–H and O–H groups in total. The van der Waals surface area contributed by atoms with E-state index in [0.717, 1.165) is 12.1 Å². The number of hydrogen-bond acceptors (Lipinski definition) is 3. The van der Waals surface area contributed by atoms with E-state index in [1.54, 1.807) is 0 Å². The van der Waals surface area contributed by atoms with Crippen LogP contribution in [-0.4, -0.2) is 24.9 Å². The SMILES string of the molecule is O=S(=O)(c1ccc(F)cc1)C1CCCC(O)C1. The van der Waals surface area contributed by atoms with E-state index in [1.165, 1.54) is 12.1 Å². The summed E-state index contributed by atoms with van der Waals surface area (Å²) in [5, 5.41) is 8.96. The third kappa shape index (κ3) is 2.66. The van der Waals surface area contributed by atoms with Crippen molar-refractivity contribution in [2.75, 3.05) is 0 Å². The summed E-state index contributed by atoms with van der Waals surface area (Å²) in [6, 6.07) is 4.86. The summed E-state index contributed by atoms with van der Waals surface area (Å²) in [6.07, 6.45) is 1.68. The minimum absolute atomic E-state index is 0.137. The van der Waals surface area contributed by atoms with Crippen molar-refractivity contribution < 1.29 is 17.9 Å². The molecule has 1 aromatic rings. The molecular formula is C12H15FO3S. The number of benzene rings is 1. The topological polar surface area (TPSA) is 54.4 Å². The predicted molar refractivity (Wildman–Crippen MR) is 61.8 cm³/mol. The molecule has 1 aliphatic rings. The van der Waals surface area contributed by atoms with Gasteiger partial charge in [0.2, 0.25) is 0 Å². The minimum Gasteiger partial charge on any atom is -0.393 e. The molecule has 0 saturated heterocycles.